The van der Waals surface area contributed by atoms with Gasteiger partial charge in [0.1, 0.15) is 11.7 Å². The highest BCUT2D eigenvalue weighted by atomic mass is 19.3. The topological polar surface area (TPSA) is 59.8 Å². The summed E-state index contributed by atoms with van der Waals surface area (Å²) in [7, 11) is 1.80. The van der Waals surface area contributed by atoms with Gasteiger partial charge in [0.25, 0.3) is 5.92 Å². The molecule has 2 aromatic rings. The van der Waals surface area contributed by atoms with Crippen LogP contribution in [0.1, 0.15) is 12.0 Å². The van der Waals surface area contributed by atoms with Crippen molar-refractivity contribution < 1.29 is 13.6 Å². The third kappa shape index (κ3) is 2.63. The van der Waals surface area contributed by atoms with Crippen molar-refractivity contribution in [3.05, 3.63) is 30.1 Å². The number of rotatable bonds is 3. The van der Waals surface area contributed by atoms with E-state index >= 15 is 0 Å². The summed E-state index contributed by atoms with van der Waals surface area (Å²) in [6, 6.07) is 3.49. The van der Waals surface area contributed by atoms with Gasteiger partial charge in [-0.2, -0.15) is 5.10 Å². The number of anilines is 1. The Bertz CT molecular complexity index is 711. The Hall–Kier alpha value is -2.31. The van der Waals surface area contributed by atoms with E-state index in [1.54, 1.807) is 30.2 Å². The summed E-state index contributed by atoms with van der Waals surface area (Å²) in [5.41, 5.74) is 2.44. The Kier molecular flexibility index (Phi) is 3.00. The fraction of sp³-hybridized carbons (Fsp3) is 0.357. The number of nitrogens with zero attached hydrogens (tertiary/aromatic N) is 3. The molecule has 2 aromatic heterocycles. The van der Waals surface area contributed by atoms with Gasteiger partial charge in [-0.15, -0.1) is 0 Å². The van der Waals surface area contributed by atoms with Crippen molar-refractivity contribution in [3.63, 3.8) is 0 Å². The number of carbonyl (C=O) groups is 1. The Morgan fingerprint density at radius 1 is 1.52 bits per heavy atom. The second-order valence-corrected chi connectivity index (χ2v) is 5.27. The second kappa shape index (κ2) is 4.61. The molecule has 0 saturated heterocycles. The molecule has 1 fully saturated rings. The predicted molar refractivity (Wildman–Crippen MR) is 72.9 cm³/mol. The molecular formula is C14H14F2N4O. The number of alkyl halides is 2. The van der Waals surface area contributed by atoms with Crippen molar-refractivity contribution in [2.24, 2.45) is 13.0 Å². The van der Waals surface area contributed by atoms with E-state index in [2.05, 4.69) is 15.4 Å². The highest BCUT2D eigenvalue weighted by Crippen LogP contribution is 2.49. The van der Waals surface area contributed by atoms with Crippen LogP contribution in [0.25, 0.3) is 11.3 Å². The van der Waals surface area contributed by atoms with Crippen LogP contribution in [0, 0.1) is 12.8 Å². The first-order valence-electron chi connectivity index (χ1n) is 6.52. The summed E-state index contributed by atoms with van der Waals surface area (Å²) in [5.74, 6) is -4.55. The Balaban J connectivity index is 1.83. The van der Waals surface area contributed by atoms with Gasteiger partial charge in [0.2, 0.25) is 5.91 Å². The van der Waals surface area contributed by atoms with Gasteiger partial charge >= 0.3 is 0 Å². The molecule has 110 valence electrons. The Morgan fingerprint density at radius 2 is 2.24 bits per heavy atom. The van der Waals surface area contributed by atoms with E-state index in [1.165, 1.54) is 0 Å². The third-order valence-electron chi connectivity index (χ3n) is 3.49. The minimum atomic E-state index is -2.88. The lowest BCUT2D eigenvalue weighted by Crippen LogP contribution is -2.18. The summed E-state index contributed by atoms with van der Waals surface area (Å²) in [6.45, 7) is 1.87. The zero-order valence-electron chi connectivity index (χ0n) is 11.6. The smallest absolute Gasteiger partial charge is 0.260 e. The molecule has 0 spiro atoms. The Morgan fingerprint density at radius 3 is 2.81 bits per heavy atom. The first kappa shape index (κ1) is 13.7. The van der Waals surface area contributed by atoms with Crippen LogP contribution in [0.5, 0.6) is 0 Å². The SMILES string of the molecule is Cc1cnc(NC(=O)[C@@H]2CC2(F)F)cc1-c1ccn(C)n1. The molecule has 1 atom stereocenters. The maximum Gasteiger partial charge on any atom is 0.260 e. The van der Waals surface area contributed by atoms with E-state index in [9.17, 15) is 13.6 Å². The molecule has 2 heterocycles. The average molecular weight is 292 g/mol. The largest absolute Gasteiger partial charge is 0.310 e. The van der Waals surface area contributed by atoms with Crippen LogP contribution in [-0.4, -0.2) is 26.6 Å². The predicted octanol–water partition coefficient (Wildman–Crippen LogP) is 2.38. The Labute approximate surface area is 120 Å². The molecule has 1 N–H and O–H groups in total. The molecule has 7 heteroatoms. The molecule has 5 nitrogen and oxygen atoms in total. The van der Waals surface area contributed by atoms with Crippen LogP contribution in [0.4, 0.5) is 14.6 Å². The minimum absolute atomic E-state index is 0.258. The summed E-state index contributed by atoms with van der Waals surface area (Å²) in [4.78, 5) is 15.7. The van der Waals surface area contributed by atoms with Gasteiger partial charge < -0.3 is 5.32 Å². The molecule has 0 bridgehead atoms. The number of aryl methyl sites for hydroxylation is 2. The molecule has 1 saturated carbocycles. The molecule has 0 unspecified atom stereocenters. The summed E-state index contributed by atoms with van der Waals surface area (Å²) < 4.78 is 27.4. The molecule has 1 aliphatic rings. The van der Waals surface area contributed by atoms with Gasteiger partial charge in [0, 0.05) is 31.4 Å². The highest BCUT2D eigenvalue weighted by molar-refractivity contribution is 5.95. The van der Waals surface area contributed by atoms with Crippen LogP contribution in [-0.2, 0) is 11.8 Å². The quantitative estimate of drug-likeness (QED) is 0.945. The first-order valence-corrected chi connectivity index (χ1v) is 6.52. The van der Waals surface area contributed by atoms with Crippen molar-refractivity contribution in [3.8, 4) is 11.3 Å². The third-order valence-corrected chi connectivity index (χ3v) is 3.49. The number of hydrogen-bond acceptors (Lipinski definition) is 3. The lowest BCUT2D eigenvalue weighted by molar-refractivity contribution is -0.119. The number of carbonyl (C=O) groups excluding carboxylic acids is 1. The van der Waals surface area contributed by atoms with Crippen LogP contribution in [0.2, 0.25) is 0 Å². The molecule has 0 aromatic carbocycles. The van der Waals surface area contributed by atoms with E-state index in [-0.39, 0.29) is 5.82 Å². The molecule has 1 amide bonds. The van der Waals surface area contributed by atoms with Gasteiger partial charge in [0.05, 0.1) is 5.69 Å². The fourth-order valence-electron chi connectivity index (χ4n) is 2.14. The highest BCUT2D eigenvalue weighted by Gasteiger charge is 2.61. The van der Waals surface area contributed by atoms with Crippen LogP contribution in [0.15, 0.2) is 24.5 Å². The van der Waals surface area contributed by atoms with Crippen LogP contribution >= 0.6 is 0 Å². The van der Waals surface area contributed by atoms with Gasteiger partial charge in [-0.05, 0) is 24.6 Å². The summed E-state index contributed by atoms with van der Waals surface area (Å²) in [6.07, 6.45) is 3.00. The van der Waals surface area contributed by atoms with Crippen LogP contribution < -0.4 is 5.32 Å². The maximum atomic E-state index is 12.9. The number of amides is 1. The molecule has 21 heavy (non-hydrogen) atoms. The van der Waals surface area contributed by atoms with Gasteiger partial charge in [0.15, 0.2) is 0 Å². The van der Waals surface area contributed by atoms with Gasteiger partial charge in [-0.25, -0.2) is 13.8 Å². The van der Waals surface area contributed by atoms with E-state index in [0.29, 0.717) is 0 Å². The number of nitrogens with one attached hydrogen (secondary N) is 1. The zero-order valence-corrected chi connectivity index (χ0v) is 11.6. The first-order chi connectivity index (χ1) is 9.87. The number of aromatic nitrogens is 3. The van der Waals surface area contributed by atoms with Crippen molar-refractivity contribution in [1.29, 1.82) is 0 Å². The fourth-order valence-corrected chi connectivity index (χ4v) is 2.14. The lowest BCUT2D eigenvalue weighted by atomic mass is 10.1. The molecule has 3 rings (SSSR count). The zero-order chi connectivity index (χ0) is 15.2. The van der Waals surface area contributed by atoms with Crippen molar-refractivity contribution in [1.82, 2.24) is 14.8 Å². The second-order valence-electron chi connectivity index (χ2n) is 5.27. The monoisotopic (exact) mass is 292 g/mol. The van der Waals surface area contributed by atoms with E-state index < -0.39 is 24.2 Å². The minimum Gasteiger partial charge on any atom is -0.310 e. The van der Waals surface area contributed by atoms with Crippen molar-refractivity contribution in [2.75, 3.05) is 5.32 Å². The number of pyridine rings is 1. The normalized spacial score (nSPS) is 19.3. The van der Waals surface area contributed by atoms with Crippen molar-refractivity contribution in [2.45, 2.75) is 19.3 Å². The molecule has 0 radical (unpaired) electrons. The average Bonchev–Trinajstić information content (AvgIpc) is 2.85. The van der Waals surface area contributed by atoms with Gasteiger partial charge in [-0.1, -0.05) is 0 Å². The van der Waals surface area contributed by atoms with Gasteiger partial charge in [-0.3, -0.25) is 9.48 Å². The molecular weight excluding hydrogens is 278 g/mol. The lowest BCUT2D eigenvalue weighted by Gasteiger charge is -2.07. The van der Waals surface area contributed by atoms with E-state index in [1.807, 2.05) is 13.0 Å². The van der Waals surface area contributed by atoms with Crippen LogP contribution in [0.3, 0.4) is 0 Å². The summed E-state index contributed by atoms with van der Waals surface area (Å²) in [5, 5.41) is 6.73. The number of hydrogen-bond donors (Lipinski definition) is 1. The van der Waals surface area contributed by atoms with E-state index in [4.69, 9.17) is 0 Å². The molecule has 0 aliphatic heterocycles. The number of halogens is 2. The van der Waals surface area contributed by atoms with Crippen molar-refractivity contribution >= 4 is 11.7 Å². The van der Waals surface area contributed by atoms with E-state index in [0.717, 1.165) is 16.8 Å². The molecule has 1 aliphatic carbocycles. The summed E-state index contributed by atoms with van der Waals surface area (Å²) >= 11 is 0. The standard InChI is InChI=1S/C14H14F2N4O/c1-8-7-17-12(18-13(21)10-6-14(10,15)16)5-9(8)11-3-4-20(2)19-11/h3-5,7,10H,6H2,1-2H3,(H,17,18,21)/t10-/m0/s1. The maximum absolute atomic E-state index is 12.9.